The van der Waals surface area contributed by atoms with Gasteiger partial charge in [-0.1, -0.05) is 202 Å². The summed E-state index contributed by atoms with van der Waals surface area (Å²) in [5, 5.41) is 5.05. The quantitative estimate of drug-likeness (QED) is 0.128. The largest absolute Gasteiger partial charge is 0.326 e. The highest BCUT2D eigenvalue weighted by atomic mass is 32.2. The highest BCUT2D eigenvalue weighted by Gasteiger charge is 2.37. The van der Waals surface area contributed by atoms with Gasteiger partial charge in [-0.15, -0.1) is 11.8 Å². The van der Waals surface area contributed by atoms with Crippen molar-refractivity contribution >= 4 is 33.3 Å². The van der Waals surface area contributed by atoms with E-state index in [0.717, 1.165) is 5.56 Å². The molecule has 0 aliphatic heterocycles. The van der Waals surface area contributed by atoms with Crippen molar-refractivity contribution in [2.24, 2.45) is 5.73 Å². The van der Waals surface area contributed by atoms with Crippen LogP contribution in [0.1, 0.15) is 30.5 Å². The molecule has 0 saturated carbocycles. The topological polar surface area (TPSA) is 26.0 Å². The van der Waals surface area contributed by atoms with Crippen molar-refractivity contribution in [3.05, 3.63) is 235 Å². The number of rotatable bonds is 7. The number of nitrogens with two attached hydrogens (primary N) is 1. The van der Waals surface area contributed by atoms with Gasteiger partial charge < -0.3 is 5.73 Å². The second kappa shape index (κ2) is 17.1. The summed E-state index contributed by atoms with van der Waals surface area (Å²) in [5.41, 5.74) is 24.6. The van der Waals surface area contributed by atoms with Crippen LogP contribution in [0.4, 0.5) is 0 Å². The van der Waals surface area contributed by atoms with Gasteiger partial charge in [0.1, 0.15) is 0 Å². The summed E-state index contributed by atoms with van der Waals surface area (Å²) in [7, 11) is 0. The molecule has 1 aliphatic carbocycles. The SMILES string of the molecule is CC1(C)c2cc(-c3ccc(CN)cc3)ccc2-c2cc3c(-c4ccccc4-c4ccccc4)c4ccccc4c(-c4ccccc4-c4ccccc4)c3cc21.CSc1ccccc1. The molecule has 2 heteroatoms. The van der Waals surface area contributed by atoms with Crippen molar-refractivity contribution in [3.63, 3.8) is 0 Å². The van der Waals surface area contributed by atoms with Crippen LogP contribution in [-0.2, 0) is 12.0 Å². The average Bonchev–Trinajstić information content (AvgIpc) is 3.57. The summed E-state index contributed by atoms with van der Waals surface area (Å²) in [6.07, 6.45) is 2.08. The molecule has 0 amide bonds. The van der Waals surface area contributed by atoms with E-state index in [1.54, 1.807) is 11.8 Å². The molecule has 0 radical (unpaired) electrons. The van der Waals surface area contributed by atoms with Gasteiger partial charge in [-0.3, -0.25) is 0 Å². The van der Waals surface area contributed by atoms with Gasteiger partial charge in [0.25, 0.3) is 0 Å². The van der Waals surface area contributed by atoms with Crippen LogP contribution < -0.4 is 5.73 Å². The van der Waals surface area contributed by atoms with Crippen LogP contribution in [0.5, 0.6) is 0 Å². The second-order valence-electron chi connectivity index (χ2n) is 16.9. The lowest BCUT2D eigenvalue weighted by Gasteiger charge is -2.25. The molecule has 1 aliphatic rings. The summed E-state index contributed by atoms with van der Waals surface area (Å²) in [5.74, 6) is 0. The van der Waals surface area contributed by atoms with Crippen LogP contribution in [0.25, 0.3) is 88.3 Å². The van der Waals surface area contributed by atoms with Gasteiger partial charge in [0, 0.05) is 16.9 Å². The molecule has 0 bridgehead atoms. The molecule has 0 spiro atoms. The van der Waals surface area contributed by atoms with E-state index in [0.29, 0.717) is 6.54 Å². The van der Waals surface area contributed by atoms with Crippen molar-refractivity contribution in [2.45, 2.75) is 30.7 Å². The Bertz CT molecular complexity index is 3240. The van der Waals surface area contributed by atoms with Gasteiger partial charge in [-0.25, -0.2) is 0 Å². The molecule has 0 unspecified atom stereocenters. The first-order chi connectivity index (χ1) is 30.9. The van der Waals surface area contributed by atoms with E-state index >= 15 is 0 Å². The Hall–Kier alpha value is -6.97. The van der Waals surface area contributed by atoms with Crippen LogP contribution in [0, 0.1) is 0 Å². The van der Waals surface area contributed by atoms with E-state index in [4.69, 9.17) is 5.73 Å². The lowest BCUT2D eigenvalue weighted by molar-refractivity contribution is 0.661. The Morgan fingerprint density at radius 2 is 0.810 bits per heavy atom. The van der Waals surface area contributed by atoms with Crippen molar-refractivity contribution < 1.29 is 0 Å². The van der Waals surface area contributed by atoms with Crippen molar-refractivity contribution in [1.82, 2.24) is 0 Å². The molecule has 0 atom stereocenters. The first-order valence-corrected chi connectivity index (χ1v) is 23.0. The molecule has 0 heterocycles. The third-order valence-electron chi connectivity index (χ3n) is 12.9. The molecular weight excluding hydrogens is 779 g/mol. The summed E-state index contributed by atoms with van der Waals surface area (Å²) >= 11 is 1.77. The fourth-order valence-electron chi connectivity index (χ4n) is 9.69. The summed E-state index contributed by atoms with van der Waals surface area (Å²) in [6.45, 7) is 5.34. The maximum atomic E-state index is 5.94. The van der Waals surface area contributed by atoms with Crippen molar-refractivity contribution in [2.75, 3.05) is 6.26 Å². The normalized spacial score (nSPS) is 12.4. The summed E-state index contributed by atoms with van der Waals surface area (Å²) in [6, 6.07) is 79.7. The van der Waals surface area contributed by atoms with Gasteiger partial charge in [0.05, 0.1) is 0 Å². The molecule has 63 heavy (non-hydrogen) atoms. The molecule has 0 aromatic heterocycles. The fraction of sp³-hybridized carbons (Fsp3) is 0.0820. The predicted octanol–water partition coefficient (Wildman–Crippen LogP) is 16.5. The summed E-state index contributed by atoms with van der Waals surface area (Å²) < 4.78 is 0. The number of benzene rings is 10. The monoisotopic (exact) mass is 827 g/mol. The summed E-state index contributed by atoms with van der Waals surface area (Å²) in [4.78, 5) is 1.33. The minimum absolute atomic E-state index is 0.212. The third-order valence-corrected chi connectivity index (χ3v) is 13.6. The Balaban J connectivity index is 0.000000533. The molecule has 2 N–H and O–H groups in total. The smallest absolute Gasteiger partial charge is 0.0178 e. The molecule has 304 valence electrons. The van der Waals surface area contributed by atoms with Gasteiger partial charge >= 0.3 is 0 Å². The first-order valence-electron chi connectivity index (χ1n) is 21.8. The molecular formula is C61H49NS. The van der Waals surface area contributed by atoms with Crippen molar-refractivity contribution in [1.29, 1.82) is 0 Å². The minimum Gasteiger partial charge on any atom is -0.326 e. The first kappa shape index (κ1) is 40.1. The fourth-order valence-corrected chi connectivity index (χ4v) is 10.1. The molecule has 0 saturated heterocycles. The standard InChI is InChI=1S/C54H41N.C7H8S/c1-54(2)50-31-39(36-27-25-35(34-55)26-28-36)29-30-42(50)47-32-48-49(33-51(47)54)53(44-22-12-10-20-41(44)38-17-7-4-8-18-38)46-24-14-13-23-45(46)52(48)43-21-11-9-19-40(43)37-15-5-3-6-16-37;1-8-7-5-3-2-4-6-7/h3-33H,34,55H2,1-2H3;2-6H,1H3. The lowest BCUT2D eigenvalue weighted by atomic mass is 9.78. The Kier molecular flexibility index (Phi) is 10.9. The van der Waals surface area contributed by atoms with Crippen LogP contribution >= 0.6 is 11.8 Å². The van der Waals surface area contributed by atoms with E-state index in [1.807, 2.05) is 18.2 Å². The average molecular weight is 828 g/mol. The lowest BCUT2D eigenvalue weighted by Crippen LogP contribution is -2.15. The highest BCUT2D eigenvalue weighted by molar-refractivity contribution is 7.98. The maximum absolute atomic E-state index is 5.94. The predicted molar refractivity (Wildman–Crippen MR) is 272 cm³/mol. The molecule has 10 aromatic rings. The maximum Gasteiger partial charge on any atom is 0.0178 e. The van der Waals surface area contributed by atoms with E-state index in [-0.39, 0.29) is 5.41 Å². The highest BCUT2D eigenvalue weighted by Crippen LogP contribution is 2.55. The molecule has 11 rings (SSSR count). The Labute approximate surface area is 375 Å². The Morgan fingerprint density at radius 1 is 0.365 bits per heavy atom. The van der Waals surface area contributed by atoms with Crippen LogP contribution in [0.3, 0.4) is 0 Å². The minimum atomic E-state index is -0.212. The molecule has 0 fully saturated rings. The zero-order valence-electron chi connectivity index (χ0n) is 36.0. The van der Waals surface area contributed by atoms with Gasteiger partial charge in [-0.2, -0.15) is 0 Å². The molecule has 1 nitrogen and oxygen atoms in total. The van der Waals surface area contributed by atoms with Gasteiger partial charge in [-0.05, 0) is 142 Å². The van der Waals surface area contributed by atoms with Gasteiger partial charge in [0.2, 0.25) is 0 Å². The van der Waals surface area contributed by atoms with Crippen LogP contribution in [0.15, 0.2) is 223 Å². The zero-order chi connectivity index (χ0) is 42.9. The van der Waals surface area contributed by atoms with E-state index < -0.39 is 0 Å². The van der Waals surface area contributed by atoms with Crippen LogP contribution in [0.2, 0.25) is 0 Å². The molecule has 10 aromatic carbocycles. The third kappa shape index (κ3) is 7.36. The number of thioether (sulfide) groups is 1. The van der Waals surface area contributed by atoms with E-state index in [9.17, 15) is 0 Å². The van der Waals surface area contributed by atoms with Crippen molar-refractivity contribution in [3.8, 4) is 66.8 Å². The number of hydrogen-bond acceptors (Lipinski definition) is 2. The second-order valence-corrected chi connectivity index (χ2v) is 17.7. The van der Waals surface area contributed by atoms with Crippen LogP contribution in [-0.4, -0.2) is 6.26 Å². The number of hydrogen-bond donors (Lipinski definition) is 1. The van der Waals surface area contributed by atoms with E-state index in [1.165, 1.54) is 104 Å². The Morgan fingerprint density at radius 3 is 1.32 bits per heavy atom. The van der Waals surface area contributed by atoms with E-state index in [2.05, 4.69) is 220 Å². The zero-order valence-corrected chi connectivity index (χ0v) is 36.8. The van der Waals surface area contributed by atoms with Gasteiger partial charge in [0.15, 0.2) is 0 Å². The number of fused-ring (bicyclic) bond motifs is 5.